The van der Waals surface area contributed by atoms with E-state index in [1.165, 1.54) is 0 Å². The Morgan fingerprint density at radius 3 is 2.69 bits per heavy atom. The first-order valence-corrected chi connectivity index (χ1v) is 10.3. The third kappa shape index (κ3) is 4.66. The topological polar surface area (TPSA) is 48.0 Å². The number of carbonyl (C=O) groups excluding carboxylic acids is 1. The van der Waals surface area contributed by atoms with Crippen LogP contribution >= 0.6 is 0 Å². The Morgan fingerprint density at radius 2 is 1.93 bits per heavy atom. The zero-order chi connectivity index (χ0) is 20.5. The van der Waals surface area contributed by atoms with Gasteiger partial charge >= 0.3 is 6.09 Å². The molecule has 2 aliphatic heterocycles. The summed E-state index contributed by atoms with van der Waals surface area (Å²) in [5.74, 6) is 1.75. The second kappa shape index (κ2) is 7.62. The molecular weight excluding hydrogens is 366 g/mol. The van der Waals surface area contributed by atoms with Crippen LogP contribution in [0.1, 0.15) is 44.7 Å². The van der Waals surface area contributed by atoms with Crippen molar-refractivity contribution in [3.8, 4) is 11.5 Å². The van der Waals surface area contributed by atoms with E-state index in [1.54, 1.807) is 4.90 Å². The van der Waals surface area contributed by atoms with Crippen molar-refractivity contribution in [1.82, 2.24) is 4.90 Å². The third-order valence-corrected chi connectivity index (χ3v) is 5.42. The van der Waals surface area contributed by atoms with Gasteiger partial charge in [0.1, 0.15) is 29.3 Å². The van der Waals surface area contributed by atoms with Crippen molar-refractivity contribution < 1.29 is 19.0 Å². The highest BCUT2D eigenvalue weighted by Gasteiger charge is 2.45. The lowest BCUT2D eigenvalue weighted by atomic mass is 9.90. The average molecular weight is 395 g/mol. The van der Waals surface area contributed by atoms with Gasteiger partial charge in [0, 0.05) is 13.0 Å². The lowest BCUT2D eigenvalue weighted by molar-refractivity contribution is 0.0170. The van der Waals surface area contributed by atoms with Gasteiger partial charge in [0.25, 0.3) is 0 Å². The van der Waals surface area contributed by atoms with Crippen LogP contribution in [0, 0.1) is 0 Å². The minimum atomic E-state index is -0.483. The van der Waals surface area contributed by atoms with E-state index in [0.29, 0.717) is 19.7 Å². The fourth-order valence-corrected chi connectivity index (χ4v) is 3.94. The van der Waals surface area contributed by atoms with Crippen LogP contribution in [0.4, 0.5) is 4.79 Å². The monoisotopic (exact) mass is 395 g/mol. The van der Waals surface area contributed by atoms with Gasteiger partial charge in [0.05, 0.1) is 6.54 Å². The van der Waals surface area contributed by atoms with Crippen LogP contribution in [0.15, 0.2) is 48.5 Å². The maximum Gasteiger partial charge on any atom is 0.410 e. The predicted octanol–water partition coefficient (Wildman–Crippen LogP) is 4.97. The zero-order valence-corrected chi connectivity index (χ0v) is 17.4. The lowest BCUT2D eigenvalue weighted by Crippen LogP contribution is -2.44. The van der Waals surface area contributed by atoms with Crippen LogP contribution in [-0.4, -0.2) is 35.3 Å². The van der Waals surface area contributed by atoms with Crippen molar-refractivity contribution in [3.05, 3.63) is 59.7 Å². The molecule has 2 aliphatic rings. The number of likely N-dealkylation sites (tertiary alicyclic amines) is 1. The van der Waals surface area contributed by atoms with Crippen LogP contribution in [0.5, 0.6) is 11.5 Å². The second-order valence-electron chi connectivity index (χ2n) is 8.98. The lowest BCUT2D eigenvalue weighted by Gasteiger charge is -2.35. The summed E-state index contributed by atoms with van der Waals surface area (Å²) in [6, 6.07) is 16.2. The van der Waals surface area contributed by atoms with E-state index in [-0.39, 0.29) is 11.7 Å². The zero-order valence-electron chi connectivity index (χ0n) is 17.4. The molecule has 0 saturated carbocycles. The number of ether oxygens (including phenoxy) is 3. The van der Waals surface area contributed by atoms with E-state index in [1.807, 2.05) is 51.1 Å². The summed E-state index contributed by atoms with van der Waals surface area (Å²) < 4.78 is 17.9. The number of carbonyl (C=O) groups is 1. The number of fused-ring (bicyclic) bond motifs is 1. The first-order valence-electron chi connectivity index (χ1n) is 10.3. The molecule has 4 rings (SSSR count). The number of nitrogens with zero attached hydrogens (tertiary/aromatic N) is 1. The van der Waals surface area contributed by atoms with Gasteiger partial charge in [-0.1, -0.05) is 30.3 Å². The normalized spacial score (nSPS) is 20.9. The number of aryl methyl sites for hydroxylation is 1. The summed E-state index contributed by atoms with van der Waals surface area (Å²) in [7, 11) is 0. The summed E-state index contributed by atoms with van der Waals surface area (Å²) >= 11 is 0. The van der Waals surface area contributed by atoms with Gasteiger partial charge in [-0.25, -0.2) is 4.79 Å². The van der Waals surface area contributed by atoms with Crippen molar-refractivity contribution in [1.29, 1.82) is 0 Å². The Labute approximate surface area is 172 Å². The van der Waals surface area contributed by atoms with Crippen LogP contribution in [0.25, 0.3) is 0 Å². The molecule has 0 radical (unpaired) electrons. The van der Waals surface area contributed by atoms with E-state index in [4.69, 9.17) is 14.2 Å². The maximum absolute atomic E-state index is 12.4. The molecule has 0 N–H and O–H groups in total. The highest BCUT2D eigenvalue weighted by Crippen LogP contribution is 2.40. The molecule has 5 nitrogen and oxygen atoms in total. The molecule has 0 unspecified atom stereocenters. The number of rotatable bonds is 3. The van der Waals surface area contributed by atoms with E-state index in [2.05, 4.69) is 18.2 Å². The summed E-state index contributed by atoms with van der Waals surface area (Å²) in [4.78, 5) is 14.2. The molecule has 0 bridgehead atoms. The molecular formula is C24H29NO4. The highest BCUT2D eigenvalue weighted by molar-refractivity contribution is 5.68. The first kappa shape index (κ1) is 19.6. The first-order chi connectivity index (χ1) is 13.8. The Kier molecular flexibility index (Phi) is 5.15. The van der Waals surface area contributed by atoms with Gasteiger partial charge in [-0.2, -0.15) is 0 Å². The summed E-state index contributed by atoms with van der Waals surface area (Å²) in [5.41, 5.74) is 1.52. The second-order valence-corrected chi connectivity index (χ2v) is 8.98. The van der Waals surface area contributed by atoms with Gasteiger partial charge in [-0.3, -0.25) is 0 Å². The molecule has 1 amide bonds. The third-order valence-electron chi connectivity index (χ3n) is 5.42. The summed E-state index contributed by atoms with van der Waals surface area (Å²) in [6.07, 6.45) is 2.38. The molecule has 2 heterocycles. The highest BCUT2D eigenvalue weighted by atomic mass is 16.6. The van der Waals surface area contributed by atoms with E-state index in [0.717, 1.165) is 41.9 Å². The average Bonchev–Trinajstić information content (AvgIpc) is 3.09. The molecule has 29 heavy (non-hydrogen) atoms. The van der Waals surface area contributed by atoms with Crippen LogP contribution in [-0.2, 0) is 17.8 Å². The molecule has 5 heteroatoms. The van der Waals surface area contributed by atoms with Gasteiger partial charge in [-0.15, -0.1) is 0 Å². The largest absolute Gasteiger partial charge is 0.489 e. The van der Waals surface area contributed by atoms with Crippen molar-refractivity contribution in [3.63, 3.8) is 0 Å². The fraction of sp³-hybridized carbons (Fsp3) is 0.458. The summed E-state index contributed by atoms with van der Waals surface area (Å²) in [6.45, 7) is 7.47. The van der Waals surface area contributed by atoms with Gasteiger partial charge < -0.3 is 19.1 Å². The van der Waals surface area contributed by atoms with Crippen molar-refractivity contribution in [2.24, 2.45) is 0 Å². The Hall–Kier alpha value is -2.69. The van der Waals surface area contributed by atoms with E-state index >= 15 is 0 Å². The molecule has 2 aromatic carbocycles. The van der Waals surface area contributed by atoms with Crippen molar-refractivity contribution >= 4 is 6.09 Å². The summed E-state index contributed by atoms with van der Waals surface area (Å²) in [5, 5.41) is 0. The SMILES string of the molecule is CC(C)(C)OC(=O)N1CC[C@@]2(CCc3cc(OCc4ccccc4)ccc3O2)C1. The standard InChI is InChI=1S/C24H29NO4/c1-23(2,3)29-22(26)25-14-13-24(17-25)12-11-19-15-20(9-10-21(19)28-24)27-16-18-7-5-4-6-8-18/h4-10,15H,11-14,16-17H2,1-3H3/t24-/m0/s1. The van der Waals surface area contributed by atoms with Crippen molar-refractivity contribution in [2.45, 2.75) is 57.8 Å². The number of amides is 1. The van der Waals surface area contributed by atoms with E-state index < -0.39 is 5.60 Å². The number of hydrogen-bond donors (Lipinski definition) is 0. The molecule has 154 valence electrons. The van der Waals surface area contributed by atoms with Crippen molar-refractivity contribution in [2.75, 3.05) is 13.1 Å². The Bertz CT molecular complexity index is 874. The minimum Gasteiger partial charge on any atom is -0.489 e. The maximum atomic E-state index is 12.4. The minimum absolute atomic E-state index is 0.256. The predicted molar refractivity (Wildman–Crippen MR) is 111 cm³/mol. The fourth-order valence-electron chi connectivity index (χ4n) is 3.94. The molecule has 1 spiro atoms. The Balaban J connectivity index is 1.38. The number of benzene rings is 2. The molecule has 1 atom stereocenters. The molecule has 2 aromatic rings. The Morgan fingerprint density at radius 1 is 1.14 bits per heavy atom. The number of hydrogen-bond acceptors (Lipinski definition) is 4. The smallest absolute Gasteiger partial charge is 0.410 e. The molecule has 0 aliphatic carbocycles. The van der Waals surface area contributed by atoms with E-state index in [9.17, 15) is 4.79 Å². The van der Waals surface area contributed by atoms with Crippen LogP contribution in [0.2, 0.25) is 0 Å². The van der Waals surface area contributed by atoms with Gasteiger partial charge in [0.15, 0.2) is 0 Å². The molecule has 1 fully saturated rings. The van der Waals surface area contributed by atoms with Gasteiger partial charge in [0.2, 0.25) is 0 Å². The molecule has 1 saturated heterocycles. The van der Waals surface area contributed by atoms with Gasteiger partial charge in [-0.05, 0) is 62.9 Å². The molecule has 0 aromatic heterocycles. The quantitative estimate of drug-likeness (QED) is 0.736. The van der Waals surface area contributed by atoms with Crippen LogP contribution in [0.3, 0.4) is 0 Å². The van der Waals surface area contributed by atoms with Crippen LogP contribution < -0.4 is 9.47 Å².